The summed E-state index contributed by atoms with van der Waals surface area (Å²) in [6.07, 6.45) is 1.05. The summed E-state index contributed by atoms with van der Waals surface area (Å²) in [6.45, 7) is 7.08. The quantitative estimate of drug-likeness (QED) is 0.554. The van der Waals surface area contributed by atoms with Crippen LogP contribution in [0.15, 0.2) is 60.7 Å². The first-order valence-corrected chi connectivity index (χ1v) is 13.2. The summed E-state index contributed by atoms with van der Waals surface area (Å²) in [6, 6.07) is 17.6. The minimum atomic E-state index is -0.742. The topological polar surface area (TPSA) is 109 Å². The molecule has 2 atom stereocenters. The molecule has 1 aliphatic heterocycles. The number of nitrogens with zero attached hydrogens (tertiary/aromatic N) is 4. The van der Waals surface area contributed by atoms with Crippen LogP contribution >= 0.6 is 0 Å². The molecule has 3 aromatic rings. The Morgan fingerprint density at radius 3 is 2.34 bits per heavy atom. The number of hydrogen-bond acceptors (Lipinski definition) is 5. The Kier molecular flexibility index (Phi) is 8.89. The average Bonchev–Trinajstić information content (AvgIpc) is 3.28. The predicted octanol–water partition coefficient (Wildman–Crippen LogP) is 3.06. The van der Waals surface area contributed by atoms with E-state index in [9.17, 15) is 14.4 Å². The summed E-state index contributed by atoms with van der Waals surface area (Å²) in [5.74, 6) is 0.687. The molecule has 0 unspecified atom stereocenters. The molecule has 0 radical (unpaired) electrons. The lowest BCUT2D eigenvalue weighted by atomic mass is 10.0. The Labute approximate surface area is 223 Å². The molecule has 2 heterocycles. The Balaban J connectivity index is 1.65. The molecule has 0 spiro atoms. The highest BCUT2D eigenvalue weighted by atomic mass is 16.2. The maximum atomic E-state index is 13.5. The summed E-state index contributed by atoms with van der Waals surface area (Å²) < 4.78 is 1.79. The van der Waals surface area contributed by atoms with Crippen LogP contribution in [0.3, 0.4) is 0 Å². The second-order valence-electron chi connectivity index (χ2n) is 10.0. The van der Waals surface area contributed by atoms with Crippen molar-refractivity contribution < 1.29 is 14.4 Å². The number of aryl methyl sites for hydroxylation is 1. The molecule has 0 fully saturated rings. The molecule has 0 aliphatic carbocycles. The molecule has 0 saturated carbocycles. The van der Waals surface area contributed by atoms with Crippen LogP contribution in [-0.4, -0.2) is 56.5 Å². The predicted molar refractivity (Wildman–Crippen MR) is 144 cm³/mol. The molecule has 0 saturated heterocycles. The third-order valence-electron chi connectivity index (χ3n) is 6.70. The number of amides is 3. The van der Waals surface area contributed by atoms with E-state index in [1.165, 1.54) is 0 Å². The Morgan fingerprint density at radius 1 is 0.974 bits per heavy atom. The molecular weight excluding hydrogens is 480 g/mol. The lowest BCUT2D eigenvalue weighted by Crippen LogP contribution is -2.50. The van der Waals surface area contributed by atoms with Crippen molar-refractivity contribution in [2.45, 2.75) is 58.7 Å². The molecule has 200 valence electrons. The zero-order valence-corrected chi connectivity index (χ0v) is 22.3. The number of fused-ring (bicyclic) bond motifs is 1. The van der Waals surface area contributed by atoms with Gasteiger partial charge in [0.15, 0.2) is 0 Å². The number of carbonyl (C=O) groups is 3. The van der Waals surface area contributed by atoms with Gasteiger partial charge in [-0.15, -0.1) is 0 Å². The van der Waals surface area contributed by atoms with Gasteiger partial charge < -0.3 is 15.5 Å². The Morgan fingerprint density at radius 2 is 1.66 bits per heavy atom. The van der Waals surface area contributed by atoms with E-state index in [1.54, 1.807) is 21.7 Å². The molecule has 9 heteroatoms. The smallest absolute Gasteiger partial charge is 0.253 e. The largest absolute Gasteiger partial charge is 0.344 e. The first kappa shape index (κ1) is 27.0. The van der Waals surface area contributed by atoms with Crippen molar-refractivity contribution in [1.29, 1.82) is 0 Å². The van der Waals surface area contributed by atoms with Gasteiger partial charge in [0.2, 0.25) is 11.8 Å². The maximum Gasteiger partial charge on any atom is 0.253 e. The SMILES string of the molecule is Cc1nc2n(n1)CCN(C(=O)c1ccccc1)CCCC(=O)N[C@@H](Cc1ccccc1)C(=O)N[C@@H]2C(C)C. The fourth-order valence-electron chi connectivity index (χ4n) is 4.70. The molecular formula is C29H36N6O3. The fourth-order valence-corrected chi connectivity index (χ4v) is 4.70. The first-order chi connectivity index (χ1) is 18.3. The number of rotatable bonds is 4. The normalized spacial score (nSPS) is 19.3. The van der Waals surface area contributed by atoms with Crippen LogP contribution in [-0.2, 0) is 22.6 Å². The number of benzene rings is 2. The zero-order valence-electron chi connectivity index (χ0n) is 22.3. The van der Waals surface area contributed by atoms with Crippen molar-refractivity contribution in [3.05, 3.63) is 83.4 Å². The van der Waals surface area contributed by atoms with Crippen molar-refractivity contribution in [3.63, 3.8) is 0 Å². The van der Waals surface area contributed by atoms with E-state index in [0.29, 0.717) is 49.7 Å². The van der Waals surface area contributed by atoms with Gasteiger partial charge >= 0.3 is 0 Å². The summed E-state index contributed by atoms with van der Waals surface area (Å²) in [5.41, 5.74) is 1.55. The van der Waals surface area contributed by atoms with Crippen molar-refractivity contribution in [1.82, 2.24) is 30.3 Å². The molecule has 9 nitrogen and oxygen atoms in total. The number of aromatic nitrogens is 3. The van der Waals surface area contributed by atoms with Crippen molar-refractivity contribution >= 4 is 17.7 Å². The molecule has 1 aliphatic rings. The third kappa shape index (κ3) is 6.85. The zero-order chi connectivity index (χ0) is 27.1. The van der Waals surface area contributed by atoms with Gasteiger partial charge in [-0.3, -0.25) is 14.4 Å². The van der Waals surface area contributed by atoms with E-state index < -0.39 is 12.1 Å². The van der Waals surface area contributed by atoms with E-state index >= 15 is 0 Å². The maximum absolute atomic E-state index is 13.5. The van der Waals surface area contributed by atoms with E-state index in [2.05, 4.69) is 20.7 Å². The lowest BCUT2D eigenvalue weighted by Gasteiger charge is -2.28. The Hall–Kier alpha value is -4.01. The van der Waals surface area contributed by atoms with Gasteiger partial charge in [-0.1, -0.05) is 62.4 Å². The van der Waals surface area contributed by atoms with Gasteiger partial charge in [0.1, 0.15) is 17.7 Å². The first-order valence-electron chi connectivity index (χ1n) is 13.2. The van der Waals surface area contributed by atoms with Crippen LogP contribution in [0.1, 0.15) is 60.3 Å². The van der Waals surface area contributed by atoms with Gasteiger partial charge in [0.25, 0.3) is 5.91 Å². The van der Waals surface area contributed by atoms with Crippen LogP contribution in [0.2, 0.25) is 0 Å². The lowest BCUT2D eigenvalue weighted by molar-refractivity contribution is -0.129. The third-order valence-corrected chi connectivity index (χ3v) is 6.70. The molecule has 2 aromatic carbocycles. The van der Waals surface area contributed by atoms with Crippen LogP contribution in [0.5, 0.6) is 0 Å². The second kappa shape index (κ2) is 12.5. The van der Waals surface area contributed by atoms with Crippen LogP contribution in [0.25, 0.3) is 0 Å². The fraction of sp³-hybridized carbons (Fsp3) is 0.414. The van der Waals surface area contributed by atoms with Crippen molar-refractivity contribution in [3.8, 4) is 0 Å². The minimum Gasteiger partial charge on any atom is -0.344 e. The van der Waals surface area contributed by atoms with Crippen molar-refractivity contribution in [2.75, 3.05) is 13.1 Å². The molecule has 0 bridgehead atoms. The van der Waals surface area contributed by atoms with E-state index in [-0.39, 0.29) is 30.1 Å². The van der Waals surface area contributed by atoms with Gasteiger partial charge in [0, 0.05) is 31.5 Å². The highest BCUT2D eigenvalue weighted by Crippen LogP contribution is 2.21. The summed E-state index contributed by atoms with van der Waals surface area (Å²) in [5, 5.41) is 10.7. The van der Waals surface area contributed by atoms with Gasteiger partial charge in [-0.2, -0.15) is 5.10 Å². The van der Waals surface area contributed by atoms with E-state index in [4.69, 9.17) is 0 Å². The molecule has 38 heavy (non-hydrogen) atoms. The number of nitrogens with one attached hydrogen (secondary N) is 2. The Bertz CT molecular complexity index is 1240. The molecule has 1 aromatic heterocycles. The summed E-state index contributed by atoms with van der Waals surface area (Å²) in [7, 11) is 0. The second-order valence-corrected chi connectivity index (χ2v) is 10.0. The summed E-state index contributed by atoms with van der Waals surface area (Å²) >= 11 is 0. The minimum absolute atomic E-state index is 0.0179. The highest BCUT2D eigenvalue weighted by molar-refractivity contribution is 5.94. The van der Waals surface area contributed by atoms with E-state index in [1.807, 2.05) is 69.3 Å². The summed E-state index contributed by atoms with van der Waals surface area (Å²) in [4.78, 5) is 46.2. The molecule has 4 rings (SSSR count). The average molecular weight is 517 g/mol. The molecule has 2 N–H and O–H groups in total. The van der Waals surface area contributed by atoms with Crippen LogP contribution in [0.4, 0.5) is 0 Å². The van der Waals surface area contributed by atoms with Gasteiger partial charge in [-0.05, 0) is 37.0 Å². The number of hydrogen-bond donors (Lipinski definition) is 2. The highest BCUT2D eigenvalue weighted by Gasteiger charge is 2.30. The molecule has 3 amide bonds. The van der Waals surface area contributed by atoms with Crippen LogP contribution < -0.4 is 10.6 Å². The number of carbonyl (C=O) groups excluding carboxylic acids is 3. The van der Waals surface area contributed by atoms with Crippen molar-refractivity contribution in [2.24, 2.45) is 5.92 Å². The van der Waals surface area contributed by atoms with E-state index in [0.717, 1.165) is 5.56 Å². The van der Waals surface area contributed by atoms with Gasteiger partial charge in [-0.25, -0.2) is 9.67 Å². The van der Waals surface area contributed by atoms with Crippen LogP contribution in [0, 0.1) is 12.8 Å². The standard InChI is InChI=1S/C29H36N6O3/c1-20(2)26-27-30-21(3)33-35(27)18-17-34(29(38)23-13-8-5-9-14-23)16-10-15-25(36)31-24(28(37)32-26)19-22-11-6-4-7-12-22/h4-9,11-14,20,24,26H,10,15-19H2,1-3H3,(H,31,36)(H,32,37)/t24-,26+/m0/s1. The monoisotopic (exact) mass is 516 g/mol. The van der Waals surface area contributed by atoms with Gasteiger partial charge in [0.05, 0.1) is 12.6 Å².